The van der Waals surface area contributed by atoms with Crippen LogP contribution in [0.2, 0.25) is 5.67 Å². The lowest BCUT2D eigenvalue weighted by molar-refractivity contribution is 0.0489. The van der Waals surface area contributed by atoms with Crippen LogP contribution in [-0.4, -0.2) is 31.7 Å². The summed E-state index contributed by atoms with van der Waals surface area (Å²) in [7, 11) is -0.954. The fourth-order valence-corrected chi connectivity index (χ4v) is 6.46. The fourth-order valence-electron chi connectivity index (χ4n) is 2.85. The second-order valence-electron chi connectivity index (χ2n) is 12.3. The molecule has 0 saturated heterocycles. The van der Waals surface area contributed by atoms with Gasteiger partial charge in [-0.05, 0) is 40.2 Å². The molecule has 0 aliphatic heterocycles. The van der Waals surface area contributed by atoms with Crippen molar-refractivity contribution in [2.75, 3.05) is 0 Å². The maximum atomic E-state index is 6.44. The predicted molar refractivity (Wildman–Crippen MR) is 119 cm³/mol. The van der Waals surface area contributed by atoms with Crippen molar-refractivity contribution < 1.29 is 8.85 Å². The van der Waals surface area contributed by atoms with Crippen molar-refractivity contribution in [3.63, 3.8) is 0 Å². The van der Waals surface area contributed by atoms with Gasteiger partial charge in [0, 0.05) is 12.2 Å². The minimum Gasteiger partial charge on any atom is -0.421 e. The number of rotatable bonds is 8. The minimum atomic E-state index is -0.477. The Morgan fingerprint density at radius 3 is 1.04 bits per heavy atom. The van der Waals surface area contributed by atoms with E-state index in [0.717, 1.165) is 12.8 Å². The average molecular weight is 389 g/mol. The van der Waals surface area contributed by atoms with Gasteiger partial charge >= 0.3 is 0 Å². The van der Waals surface area contributed by atoms with E-state index in [0.29, 0.717) is 23.0 Å². The Kier molecular flexibility index (Phi) is 9.65. The molecule has 152 valence electrons. The van der Waals surface area contributed by atoms with Gasteiger partial charge in [0.15, 0.2) is 19.5 Å². The molecule has 0 saturated carbocycles. The van der Waals surface area contributed by atoms with E-state index in [-0.39, 0.29) is 10.8 Å². The van der Waals surface area contributed by atoms with Crippen LogP contribution in [0.4, 0.5) is 0 Å². The van der Waals surface area contributed by atoms with Gasteiger partial charge in [0.05, 0.1) is 0 Å². The standard InChI is InChI=1S/C21H48O2Si2/c1-18(2,3)13-16(20(7,8)9)22-24-15-25-23-17(21(10,11)12)14-19(4,5)6/h16-17H,13-15,24-25H2,1-12H3. The molecule has 0 aliphatic carbocycles. The van der Waals surface area contributed by atoms with E-state index in [2.05, 4.69) is 83.1 Å². The molecule has 0 fully saturated rings. The molecule has 0 aromatic heterocycles. The van der Waals surface area contributed by atoms with Crippen LogP contribution in [0, 0.1) is 21.7 Å². The molecule has 0 radical (unpaired) electrons. The summed E-state index contributed by atoms with van der Waals surface area (Å²) >= 11 is 0. The second-order valence-corrected chi connectivity index (χ2v) is 16.6. The molecule has 0 aromatic rings. The summed E-state index contributed by atoms with van der Waals surface area (Å²) in [6.45, 7) is 27.7. The zero-order valence-corrected chi connectivity index (χ0v) is 22.3. The molecular weight excluding hydrogens is 340 g/mol. The maximum Gasteiger partial charge on any atom is 0.161 e. The van der Waals surface area contributed by atoms with Crippen molar-refractivity contribution in [1.82, 2.24) is 0 Å². The van der Waals surface area contributed by atoms with Gasteiger partial charge in [-0.15, -0.1) is 0 Å². The Morgan fingerprint density at radius 2 is 0.840 bits per heavy atom. The molecule has 0 amide bonds. The van der Waals surface area contributed by atoms with Gasteiger partial charge in [0.2, 0.25) is 0 Å². The van der Waals surface area contributed by atoms with E-state index in [9.17, 15) is 0 Å². The van der Waals surface area contributed by atoms with Crippen LogP contribution < -0.4 is 0 Å². The molecule has 0 rings (SSSR count). The van der Waals surface area contributed by atoms with Crippen molar-refractivity contribution in [3.8, 4) is 0 Å². The van der Waals surface area contributed by atoms with Gasteiger partial charge in [0.25, 0.3) is 0 Å². The summed E-state index contributed by atoms with van der Waals surface area (Å²) in [5.74, 6) is 0. The Morgan fingerprint density at radius 1 is 0.560 bits per heavy atom. The minimum absolute atomic E-state index is 0.225. The molecule has 4 heteroatoms. The zero-order chi connectivity index (χ0) is 20.1. The first-order valence-corrected chi connectivity index (χ1v) is 13.3. The lowest BCUT2D eigenvalue weighted by Crippen LogP contribution is -2.36. The maximum absolute atomic E-state index is 6.44. The Labute approximate surface area is 164 Å². The topological polar surface area (TPSA) is 18.5 Å². The van der Waals surface area contributed by atoms with Gasteiger partial charge in [-0.1, -0.05) is 83.1 Å². The lowest BCUT2D eigenvalue weighted by Gasteiger charge is -2.37. The summed E-state index contributed by atoms with van der Waals surface area (Å²) in [5, 5.41) is 0. The van der Waals surface area contributed by atoms with Crippen LogP contribution in [0.5, 0.6) is 0 Å². The molecule has 0 spiro atoms. The summed E-state index contributed by atoms with van der Waals surface area (Å²) in [5.41, 5.74) is 2.34. The monoisotopic (exact) mass is 388 g/mol. The van der Waals surface area contributed by atoms with Crippen molar-refractivity contribution in [2.24, 2.45) is 21.7 Å². The third kappa shape index (κ3) is 13.2. The van der Waals surface area contributed by atoms with E-state index in [1.165, 1.54) is 5.67 Å². The molecule has 0 aromatic carbocycles. The lowest BCUT2D eigenvalue weighted by atomic mass is 9.79. The predicted octanol–water partition coefficient (Wildman–Crippen LogP) is 5.26. The van der Waals surface area contributed by atoms with E-state index < -0.39 is 19.5 Å². The molecule has 2 unspecified atom stereocenters. The second kappa shape index (κ2) is 9.52. The Balaban J connectivity index is 4.44. The molecule has 0 bridgehead atoms. The third-order valence-corrected chi connectivity index (χ3v) is 8.04. The van der Waals surface area contributed by atoms with E-state index >= 15 is 0 Å². The quantitative estimate of drug-likeness (QED) is 0.417. The van der Waals surface area contributed by atoms with Crippen molar-refractivity contribution >= 4 is 19.5 Å². The highest BCUT2D eigenvalue weighted by Gasteiger charge is 2.31. The Hall–Kier alpha value is 0.354. The summed E-state index contributed by atoms with van der Waals surface area (Å²) in [4.78, 5) is 0. The summed E-state index contributed by atoms with van der Waals surface area (Å²) < 4.78 is 12.9. The van der Waals surface area contributed by atoms with Crippen molar-refractivity contribution in [3.05, 3.63) is 0 Å². The first-order valence-electron chi connectivity index (χ1n) is 10.1. The van der Waals surface area contributed by atoms with Crippen LogP contribution in [-0.2, 0) is 8.85 Å². The van der Waals surface area contributed by atoms with E-state index in [4.69, 9.17) is 8.85 Å². The smallest absolute Gasteiger partial charge is 0.161 e. The molecular formula is C21H48O2Si2. The highest BCUT2D eigenvalue weighted by atomic mass is 28.3. The van der Waals surface area contributed by atoms with Gasteiger partial charge in [-0.25, -0.2) is 0 Å². The van der Waals surface area contributed by atoms with Gasteiger partial charge < -0.3 is 8.85 Å². The summed E-state index contributed by atoms with van der Waals surface area (Å²) in [6.07, 6.45) is 3.03. The van der Waals surface area contributed by atoms with E-state index in [1.807, 2.05) is 0 Å². The van der Waals surface area contributed by atoms with Crippen molar-refractivity contribution in [1.29, 1.82) is 0 Å². The van der Waals surface area contributed by atoms with Gasteiger partial charge in [-0.3, -0.25) is 0 Å². The first kappa shape index (κ1) is 25.4. The fraction of sp³-hybridized carbons (Fsp3) is 1.00. The molecule has 2 nitrogen and oxygen atoms in total. The largest absolute Gasteiger partial charge is 0.421 e. The number of hydrogen-bond acceptors (Lipinski definition) is 2. The molecule has 25 heavy (non-hydrogen) atoms. The Bertz CT molecular complexity index is 331. The number of hydrogen-bond donors (Lipinski definition) is 0. The highest BCUT2D eigenvalue weighted by molar-refractivity contribution is 6.48. The van der Waals surface area contributed by atoms with Gasteiger partial charge in [-0.2, -0.15) is 0 Å². The molecule has 2 atom stereocenters. The average Bonchev–Trinajstić information content (AvgIpc) is 2.30. The molecule has 0 aliphatic rings. The highest BCUT2D eigenvalue weighted by Crippen LogP contribution is 2.34. The molecule has 0 N–H and O–H groups in total. The van der Waals surface area contributed by atoms with Gasteiger partial charge in [0.1, 0.15) is 0 Å². The normalized spacial score (nSPS) is 17.8. The zero-order valence-electron chi connectivity index (χ0n) is 19.5. The van der Waals surface area contributed by atoms with Crippen LogP contribution in [0.15, 0.2) is 0 Å². The van der Waals surface area contributed by atoms with Crippen LogP contribution in [0.1, 0.15) is 95.9 Å². The molecule has 0 heterocycles. The van der Waals surface area contributed by atoms with Crippen LogP contribution >= 0.6 is 0 Å². The third-order valence-electron chi connectivity index (χ3n) is 4.45. The van der Waals surface area contributed by atoms with E-state index in [1.54, 1.807) is 0 Å². The SMILES string of the molecule is CC(C)(C)CC(O[SiH2]C[SiH2]OC(CC(C)(C)C)C(C)(C)C)C(C)(C)C. The van der Waals surface area contributed by atoms with Crippen LogP contribution in [0.25, 0.3) is 0 Å². The first-order chi connectivity index (χ1) is 10.9. The van der Waals surface area contributed by atoms with Crippen molar-refractivity contribution in [2.45, 2.75) is 114 Å². The summed E-state index contributed by atoms with van der Waals surface area (Å²) in [6, 6.07) is 0. The van der Waals surface area contributed by atoms with Crippen LogP contribution in [0.3, 0.4) is 0 Å².